The van der Waals surface area contributed by atoms with Crippen molar-refractivity contribution < 1.29 is 22.8 Å². The quantitative estimate of drug-likeness (QED) is 0.330. The molecule has 3 amide bonds. The third kappa shape index (κ3) is 5.63. The normalized spacial score (nSPS) is 11.4. The molecule has 4 aromatic carbocycles. The second kappa shape index (κ2) is 10.9. The highest BCUT2D eigenvalue weighted by Crippen LogP contribution is 2.33. The Labute approximate surface area is 207 Å². The first kappa shape index (κ1) is 24.7. The smallest absolute Gasteiger partial charge is 0.327 e. The van der Waals surface area contributed by atoms with Crippen molar-refractivity contribution in [3.05, 3.63) is 144 Å². The number of hydrogen-bond acceptors (Lipinski definition) is 2. The number of nitrogens with one attached hydrogen (secondary N) is 1. The number of benzene rings is 4. The third-order valence-corrected chi connectivity index (χ3v) is 5.70. The first-order valence-electron chi connectivity index (χ1n) is 11.3. The number of halogens is 3. The van der Waals surface area contributed by atoms with Crippen molar-refractivity contribution in [2.75, 3.05) is 0 Å². The van der Waals surface area contributed by atoms with Gasteiger partial charge in [-0.15, -0.1) is 0 Å². The molecule has 0 aliphatic carbocycles. The maximum atomic E-state index is 13.9. The average molecular weight is 489 g/mol. The van der Waals surface area contributed by atoms with E-state index in [-0.39, 0.29) is 4.90 Å². The van der Waals surface area contributed by atoms with Gasteiger partial charge in [-0.05, 0) is 22.3 Å². The van der Waals surface area contributed by atoms with E-state index in [1.165, 1.54) is 0 Å². The minimum Gasteiger partial charge on any atom is -0.327 e. The zero-order valence-corrected chi connectivity index (χ0v) is 19.1. The molecule has 0 heterocycles. The van der Waals surface area contributed by atoms with Gasteiger partial charge in [-0.1, -0.05) is 121 Å². The summed E-state index contributed by atoms with van der Waals surface area (Å²) in [7, 11) is 0. The molecule has 0 aromatic heterocycles. The summed E-state index contributed by atoms with van der Waals surface area (Å²) < 4.78 is 41.6. The van der Waals surface area contributed by atoms with E-state index in [0.29, 0.717) is 22.3 Å². The van der Waals surface area contributed by atoms with Gasteiger partial charge in [-0.3, -0.25) is 4.79 Å². The molecular formula is C29H23F3N2O2. The summed E-state index contributed by atoms with van der Waals surface area (Å²) in [6.45, 7) is 0. The van der Waals surface area contributed by atoms with E-state index in [1.54, 1.807) is 121 Å². The molecule has 0 saturated heterocycles. The molecule has 1 N–H and O–H groups in total. The topological polar surface area (TPSA) is 49.4 Å². The van der Waals surface area contributed by atoms with Crippen molar-refractivity contribution in [3.8, 4) is 0 Å². The molecule has 0 radical (unpaired) electrons. The van der Waals surface area contributed by atoms with Crippen LogP contribution in [-0.2, 0) is 4.79 Å². The largest absolute Gasteiger partial charge is 0.471 e. The standard InChI is InChI=1S/C29H23F3N2O2/c30-29(31,32)27(35)34(26(23-17-9-3-10-18-23)24-19-11-4-12-20-24)28(36)33-25(21-13-5-1-6-14-21)22-15-7-2-8-16-22/h1-20,25-26H,(H,33,36). The Morgan fingerprint density at radius 1 is 0.583 bits per heavy atom. The average Bonchev–Trinajstić information content (AvgIpc) is 2.91. The molecule has 182 valence electrons. The summed E-state index contributed by atoms with van der Waals surface area (Å²) in [5.41, 5.74) is 2.06. The SMILES string of the molecule is O=C(NC(c1ccccc1)c1ccccc1)N(C(=O)C(F)(F)F)C(c1ccccc1)c1ccccc1. The first-order valence-corrected chi connectivity index (χ1v) is 11.3. The molecule has 0 unspecified atom stereocenters. The number of carbonyl (C=O) groups excluding carboxylic acids is 2. The van der Waals surface area contributed by atoms with Crippen LogP contribution in [0, 0.1) is 0 Å². The number of hydrogen-bond donors (Lipinski definition) is 1. The van der Waals surface area contributed by atoms with E-state index in [1.807, 2.05) is 0 Å². The van der Waals surface area contributed by atoms with E-state index in [2.05, 4.69) is 5.32 Å². The summed E-state index contributed by atoms with van der Waals surface area (Å²) >= 11 is 0. The van der Waals surface area contributed by atoms with Crippen molar-refractivity contribution in [1.82, 2.24) is 10.2 Å². The van der Waals surface area contributed by atoms with E-state index in [9.17, 15) is 22.8 Å². The predicted molar refractivity (Wildman–Crippen MR) is 131 cm³/mol. The van der Waals surface area contributed by atoms with Crippen molar-refractivity contribution in [3.63, 3.8) is 0 Å². The fraction of sp³-hybridized carbons (Fsp3) is 0.103. The van der Waals surface area contributed by atoms with Gasteiger partial charge >= 0.3 is 18.1 Å². The second-order valence-electron chi connectivity index (χ2n) is 8.10. The van der Waals surface area contributed by atoms with E-state index < -0.39 is 30.2 Å². The van der Waals surface area contributed by atoms with Crippen LogP contribution in [0.25, 0.3) is 0 Å². The van der Waals surface area contributed by atoms with Gasteiger partial charge in [-0.25, -0.2) is 9.69 Å². The highest BCUT2D eigenvalue weighted by atomic mass is 19.4. The summed E-state index contributed by atoms with van der Waals surface area (Å²) in [5.74, 6) is -2.25. The Hall–Kier alpha value is -4.39. The number of urea groups is 1. The first-order chi connectivity index (χ1) is 17.4. The third-order valence-electron chi connectivity index (χ3n) is 5.70. The van der Waals surface area contributed by atoms with Gasteiger partial charge in [0.05, 0.1) is 12.1 Å². The van der Waals surface area contributed by atoms with Crippen molar-refractivity contribution in [2.45, 2.75) is 18.3 Å². The molecule has 0 atom stereocenters. The Morgan fingerprint density at radius 3 is 1.25 bits per heavy atom. The fourth-order valence-electron chi connectivity index (χ4n) is 4.07. The van der Waals surface area contributed by atoms with Gasteiger partial charge in [0.1, 0.15) is 0 Å². The highest BCUT2D eigenvalue weighted by molar-refractivity contribution is 5.98. The lowest BCUT2D eigenvalue weighted by molar-refractivity contribution is -0.183. The van der Waals surface area contributed by atoms with Crippen LogP contribution in [-0.4, -0.2) is 23.0 Å². The maximum Gasteiger partial charge on any atom is 0.471 e. The monoisotopic (exact) mass is 488 g/mol. The minimum atomic E-state index is -5.27. The van der Waals surface area contributed by atoms with Gasteiger partial charge in [0, 0.05) is 0 Å². The molecule has 0 saturated carbocycles. The summed E-state index contributed by atoms with van der Waals surface area (Å²) in [6.07, 6.45) is -5.27. The highest BCUT2D eigenvalue weighted by Gasteiger charge is 2.48. The molecule has 36 heavy (non-hydrogen) atoms. The lowest BCUT2D eigenvalue weighted by Crippen LogP contribution is -2.52. The van der Waals surface area contributed by atoms with E-state index in [0.717, 1.165) is 0 Å². The lowest BCUT2D eigenvalue weighted by Gasteiger charge is -2.33. The molecule has 4 nitrogen and oxygen atoms in total. The Kier molecular flexibility index (Phi) is 7.49. The van der Waals surface area contributed by atoms with E-state index in [4.69, 9.17) is 0 Å². The molecule has 7 heteroatoms. The van der Waals surface area contributed by atoms with Crippen LogP contribution in [0.15, 0.2) is 121 Å². The number of nitrogens with zero attached hydrogens (tertiary/aromatic N) is 1. The molecule has 0 fully saturated rings. The fourth-order valence-corrected chi connectivity index (χ4v) is 4.07. The number of alkyl halides is 3. The molecule has 0 aliphatic heterocycles. The van der Waals surface area contributed by atoms with Crippen LogP contribution < -0.4 is 5.32 Å². The molecule has 4 aromatic rings. The van der Waals surface area contributed by atoms with Crippen LogP contribution in [0.1, 0.15) is 34.3 Å². The van der Waals surface area contributed by atoms with Gasteiger partial charge in [0.15, 0.2) is 0 Å². The summed E-state index contributed by atoms with van der Waals surface area (Å²) in [4.78, 5) is 26.7. The maximum absolute atomic E-state index is 13.9. The Balaban J connectivity index is 1.82. The van der Waals surface area contributed by atoms with Gasteiger partial charge in [0.25, 0.3) is 0 Å². The molecule has 0 bridgehead atoms. The van der Waals surface area contributed by atoms with Crippen molar-refractivity contribution in [1.29, 1.82) is 0 Å². The number of imide groups is 1. The van der Waals surface area contributed by atoms with Crippen LogP contribution >= 0.6 is 0 Å². The van der Waals surface area contributed by atoms with Crippen LogP contribution in [0.4, 0.5) is 18.0 Å². The van der Waals surface area contributed by atoms with E-state index >= 15 is 0 Å². The van der Waals surface area contributed by atoms with Crippen LogP contribution in [0.5, 0.6) is 0 Å². The van der Waals surface area contributed by atoms with Crippen molar-refractivity contribution in [2.24, 2.45) is 0 Å². The number of amides is 3. The molecular weight excluding hydrogens is 465 g/mol. The molecule has 0 aliphatic rings. The van der Waals surface area contributed by atoms with Crippen molar-refractivity contribution >= 4 is 11.9 Å². The second-order valence-corrected chi connectivity index (χ2v) is 8.10. The van der Waals surface area contributed by atoms with Crippen LogP contribution in [0.3, 0.4) is 0 Å². The zero-order chi connectivity index (χ0) is 25.5. The van der Waals surface area contributed by atoms with Crippen LogP contribution in [0.2, 0.25) is 0 Å². The van der Waals surface area contributed by atoms with Gasteiger partial charge in [0.2, 0.25) is 0 Å². The zero-order valence-electron chi connectivity index (χ0n) is 19.1. The summed E-state index contributed by atoms with van der Waals surface area (Å²) in [6, 6.07) is 30.9. The number of carbonyl (C=O) groups is 2. The number of rotatable bonds is 6. The Morgan fingerprint density at radius 2 is 0.917 bits per heavy atom. The lowest BCUT2D eigenvalue weighted by atomic mass is 9.96. The molecule has 0 spiro atoms. The summed E-state index contributed by atoms with van der Waals surface area (Å²) in [5, 5.41) is 2.69. The Bertz CT molecular complexity index is 1200. The van der Waals surface area contributed by atoms with Gasteiger partial charge < -0.3 is 5.32 Å². The molecule has 4 rings (SSSR count). The minimum absolute atomic E-state index is 0.267. The predicted octanol–water partition coefficient (Wildman–Crippen LogP) is 6.67. The van der Waals surface area contributed by atoms with Gasteiger partial charge in [-0.2, -0.15) is 13.2 Å².